The summed E-state index contributed by atoms with van der Waals surface area (Å²) in [5.41, 5.74) is -0.339. The van der Waals surface area contributed by atoms with Gasteiger partial charge in [0.25, 0.3) is 0 Å². The number of fused-ring (bicyclic) bond motifs is 1. The van der Waals surface area contributed by atoms with Crippen LogP contribution in [0.2, 0.25) is 0 Å². The number of hydrogen-bond acceptors (Lipinski definition) is 2. The number of rotatable bonds is 3. The fourth-order valence-corrected chi connectivity index (χ4v) is 2.01. The van der Waals surface area contributed by atoms with Gasteiger partial charge in [-0.15, -0.1) is 0 Å². The van der Waals surface area contributed by atoms with Crippen molar-refractivity contribution in [3.63, 3.8) is 0 Å². The van der Waals surface area contributed by atoms with E-state index in [1.54, 1.807) is 0 Å². The summed E-state index contributed by atoms with van der Waals surface area (Å²) in [4.78, 5) is 25.3. The largest absolute Gasteiger partial charge is 0.481 e. The minimum absolute atomic E-state index is 0.0254. The number of aliphatic carboxylic acids is 1. The number of carbonyl (C=O) groups is 1. The molecule has 0 spiro atoms. The first kappa shape index (κ1) is 13.2. The molecule has 0 bridgehead atoms. The second-order valence-electron chi connectivity index (χ2n) is 4.23. The Hall–Kier alpha value is -2.24. The summed E-state index contributed by atoms with van der Waals surface area (Å²) in [6.45, 7) is 1.53. The molecule has 6 heteroatoms. The van der Waals surface area contributed by atoms with Gasteiger partial charge in [0.05, 0.1) is 10.9 Å². The number of hydrogen-bond donors (Lipinski definition) is 2. The van der Waals surface area contributed by atoms with E-state index in [1.807, 2.05) is 0 Å². The van der Waals surface area contributed by atoms with E-state index in [0.29, 0.717) is 5.69 Å². The average Bonchev–Trinajstić information content (AvgIpc) is 2.33. The van der Waals surface area contributed by atoms with Crippen LogP contribution in [-0.4, -0.2) is 16.1 Å². The number of aromatic nitrogens is 1. The van der Waals surface area contributed by atoms with Crippen LogP contribution in [0.3, 0.4) is 0 Å². The lowest BCUT2D eigenvalue weighted by Crippen LogP contribution is -2.16. The standard InChI is InChI=1S/C13H11F2NO3/c1-6-7(2-5-10(17)18)13(19)11-8(14)3-4-9(15)12(11)16-6/h3-4H,2,5H2,1H3,(H,16,19)(H,17,18). The molecule has 0 aliphatic rings. The Labute approximate surface area is 106 Å². The second-order valence-corrected chi connectivity index (χ2v) is 4.23. The van der Waals surface area contributed by atoms with Crippen LogP contribution in [-0.2, 0) is 11.2 Å². The molecule has 1 aromatic carbocycles. The molecule has 100 valence electrons. The quantitative estimate of drug-likeness (QED) is 0.895. The van der Waals surface area contributed by atoms with Gasteiger partial charge < -0.3 is 10.1 Å². The van der Waals surface area contributed by atoms with Crippen molar-refractivity contribution < 1.29 is 18.7 Å². The maximum absolute atomic E-state index is 13.6. The predicted molar refractivity (Wildman–Crippen MR) is 65.2 cm³/mol. The maximum atomic E-state index is 13.6. The molecule has 0 fully saturated rings. The Morgan fingerprint density at radius 3 is 2.58 bits per heavy atom. The van der Waals surface area contributed by atoms with Crippen molar-refractivity contribution in [2.75, 3.05) is 0 Å². The third kappa shape index (κ3) is 2.33. The number of carboxylic acids is 1. The highest BCUT2D eigenvalue weighted by atomic mass is 19.1. The Bertz CT molecular complexity index is 722. The Balaban J connectivity index is 2.71. The van der Waals surface area contributed by atoms with Crippen molar-refractivity contribution in [2.24, 2.45) is 0 Å². The van der Waals surface area contributed by atoms with E-state index in [0.717, 1.165) is 12.1 Å². The number of benzene rings is 1. The van der Waals surface area contributed by atoms with E-state index < -0.39 is 23.0 Å². The Morgan fingerprint density at radius 1 is 1.32 bits per heavy atom. The molecule has 2 N–H and O–H groups in total. The van der Waals surface area contributed by atoms with E-state index >= 15 is 0 Å². The smallest absolute Gasteiger partial charge is 0.303 e. The lowest BCUT2D eigenvalue weighted by Gasteiger charge is -2.08. The highest BCUT2D eigenvalue weighted by Crippen LogP contribution is 2.18. The summed E-state index contributed by atoms with van der Waals surface area (Å²) < 4.78 is 27.2. The van der Waals surface area contributed by atoms with Crippen LogP contribution in [0.4, 0.5) is 8.78 Å². The van der Waals surface area contributed by atoms with Crippen molar-refractivity contribution in [2.45, 2.75) is 19.8 Å². The van der Waals surface area contributed by atoms with Crippen LogP contribution in [0.1, 0.15) is 17.7 Å². The van der Waals surface area contributed by atoms with Crippen molar-refractivity contribution >= 4 is 16.9 Å². The summed E-state index contributed by atoms with van der Waals surface area (Å²) in [6, 6.07) is 1.81. The van der Waals surface area contributed by atoms with Gasteiger partial charge in [-0.05, 0) is 25.5 Å². The van der Waals surface area contributed by atoms with Crippen LogP contribution >= 0.6 is 0 Å². The molecule has 4 nitrogen and oxygen atoms in total. The second kappa shape index (κ2) is 4.79. The molecule has 2 rings (SSSR count). The molecule has 0 amide bonds. The van der Waals surface area contributed by atoms with E-state index in [2.05, 4.69) is 4.98 Å². The summed E-state index contributed by atoms with van der Waals surface area (Å²) in [7, 11) is 0. The van der Waals surface area contributed by atoms with E-state index in [1.165, 1.54) is 6.92 Å². The zero-order chi connectivity index (χ0) is 14.2. The van der Waals surface area contributed by atoms with Crippen molar-refractivity contribution in [1.29, 1.82) is 0 Å². The SMILES string of the molecule is Cc1[nH]c2c(F)ccc(F)c2c(=O)c1CCC(=O)O. The van der Waals surface area contributed by atoms with E-state index in [4.69, 9.17) is 5.11 Å². The number of aromatic amines is 1. The fraction of sp³-hybridized carbons (Fsp3) is 0.231. The van der Waals surface area contributed by atoms with Crippen LogP contribution in [0.5, 0.6) is 0 Å². The number of pyridine rings is 1. The van der Waals surface area contributed by atoms with Crippen molar-refractivity contribution in [1.82, 2.24) is 4.98 Å². The summed E-state index contributed by atoms with van der Waals surface area (Å²) >= 11 is 0. The first-order chi connectivity index (χ1) is 8.91. The van der Waals surface area contributed by atoms with Crippen molar-refractivity contribution in [3.8, 4) is 0 Å². The lowest BCUT2D eigenvalue weighted by atomic mass is 10.0. The monoisotopic (exact) mass is 267 g/mol. The van der Waals surface area contributed by atoms with Crippen LogP contribution in [0.15, 0.2) is 16.9 Å². The molecule has 19 heavy (non-hydrogen) atoms. The van der Waals surface area contributed by atoms with Gasteiger partial charge in [0.15, 0.2) is 5.43 Å². The van der Waals surface area contributed by atoms with Gasteiger partial charge in [-0.25, -0.2) is 8.78 Å². The zero-order valence-electron chi connectivity index (χ0n) is 10.1. The highest BCUT2D eigenvalue weighted by molar-refractivity contribution is 5.80. The van der Waals surface area contributed by atoms with E-state index in [-0.39, 0.29) is 29.3 Å². The summed E-state index contributed by atoms with van der Waals surface area (Å²) in [6.07, 6.45) is -0.269. The minimum atomic E-state index is -1.06. The first-order valence-corrected chi connectivity index (χ1v) is 5.63. The Morgan fingerprint density at radius 2 is 1.95 bits per heavy atom. The Kier molecular flexibility index (Phi) is 3.33. The zero-order valence-corrected chi connectivity index (χ0v) is 10.1. The van der Waals surface area contributed by atoms with Gasteiger partial charge in [0, 0.05) is 17.7 Å². The third-order valence-corrected chi connectivity index (χ3v) is 2.96. The average molecular weight is 267 g/mol. The molecule has 0 radical (unpaired) electrons. The van der Waals surface area contributed by atoms with Crippen LogP contribution in [0, 0.1) is 18.6 Å². The highest BCUT2D eigenvalue weighted by Gasteiger charge is 2.16. The normalized spacial score (nSPS) is 10.9. The number of carboxylic acid groups (broad SMARTS) is 1. The van der Waals surface area contributed by atoms with E-state index in [9.17, 15) is 18.4 Å². The molecule has 2 aromatic rings. The molecular weight excluding hydrogens is 256 g/mol. The van der Waals surface area contributed by atoms with Gasteiger partial charge in [-0.1, -0.05) is 0 Å². The van der Waals surface area contributed by atoms with Crippen LogP contribution in [0.25, 0.3) is 10.9 Å². The van der Waals surface area contributed by atoms with Gasteiger partial charge >= 0.3 is 5.97 Å². The topological polar surface area (TPSA) is 70.2 Å². The number of halogens is 2. The lowest BCUT2D eigenvalue weighted by molar-refractivity contribution is -0.136. The van der Waals surface area contributed by atoms with Gasteiger partial charge in [0.1, 0.15) is 11.6 Å². The fourth-order valence-electron chi connectivity index (χ4n) is 2.01. The molecular formula is C13H11F2NO3. The number of nitrogens with one attached hydrogen (secondary N) is 1. The molecule has 1 heterocycles. The van der Waals surface area contributed by atoms with Crippen LogP contribution < -0.4 is 5.43 Å². The molecule has 0 aliphatic heterocycles. The molecule has 0 atom stereocenters. The third-order valence-electron chi connectivity index (χ3n) is 2.96. The molecule has 0 saturated heterocycles. The summed E-state index contributed by atoms with van der Waals surface area (Å²) in [5.74, 6) is -2.60. The molecule has 0 aliphatic carbocycles. The van der Waals surface area contributed by atoms with Gasteiger partial charge in [-0.3, -0.25) is 9.59 Å². The molecule has 0 saturated carbocycles. The van der Waals surface area contributed by atoms with Gasteiger partial charge in [-0.2, -0.15) is 0 Å². The predicted octanol–water partition coefficient (Wildman–Crippen LogP) is 2.13. The summed E-state index contributed by atoms with van der Waals surface area (Å²) in [5, 5.41) is 8.25. The number of aryl methyl sites for hydroxylation is 1. The molecule has 1 aromatic heterocycles. The first-order valence-electron chi connectivity index (χ1n) is 5.63. The number of H-pyrrole nitrogens is 1. The molecule has 0 unspecified atom stereocenters. The maximum Gasteiger partial charge on any atom is 0.303 e. The minimum Gasteiger partial charge on any atom is -0.481 e. The van der Waals surface area contributed by atoms with Crippen molar-refractivity contribution in [3.05, 3.63) is 45.2 Å². The van der Waals surface area contributed by atoms with Gasteiger partial charge in [0.2, 0.25) is 0 Å².